The van der Waals surface area contributed by atoms with Gasteiger partial charge in [0.05, 0.1) is 12.7 Å². The van der Waals surface area contributed by atoms with E-state index in [1.54, 1.807) is 0 Å². The van der Waals surface area contributed by atoms with Gasteiger partial charge in [-0.15, -0.1) is 0 Å². The number of hydrogen-bond donors (Lipinski definition) is 0. The molecule has 0 fully saturated rings. The Balaban J connectivity index is 2.28. The largest absolute Gasteiger partial charge is 0.413 e. The molecule has 0 heterocycles. The van der Waals surface area contributed by atoms with Crippen LogP contribution < -0.4 is 0 Å². The van der Waals surface area contributed by atoms with Crippen LogP contribution in [0.4, 0.5) is 0 Å². The lowest BCUT2D eigenvalue weighted by atomic mass is 9.77. The molecule has 0 saturated heterocycles. The van der Waals surface area contributed by atoms with E-state index in [2.05, 4.69) is 52.1 Å². The molecule has 132 valence electrons. The zero-order valence-electron chi connectivity index (χ0n) is 16.3. The van der Waals surface area contributed by atoms with Gasteiger partial charge in [0.2, 0.25) is 0 Å². The Labute approximate surface area is 153 Å². The highest BCUT2D eigenvalue weighted by molar-refractivity contribution is 6.74. The topological polar surface area (TPSA) is 33.0 Å². The molecule has 2 nitrogen and oxygen atoms in total. The van der Waals surface area contributed by atoms with Crippen molar-refractivity contribution in [1.82, 2.24) is 0 Å². The second kappa shape index (κ2) is 7.15. The van der Waals surface area contributed by atoms with E-state index in [1.807, 2.05) is 49.4 Å². The maximum Gasteiger partial charge on any atom is 0.192 e. The lowest BCUT2D eigenvalue weighted by Gasteiger charge is -2.36. The second-order valence-corrected chi connectivity index (χ2v) is 13.2. The van der Waals surface area contributed by atoms with Crippen molar-refractivity contribution in [3.05, 3.63) is 71.3 Å². The molecular formula is C22H29NOSi. The standard InChI is InChI=1S/C22H29NOSi/c1-21(2,3)25(5,6)24-16-18-11-10-14-20(15-18)22(4,17-23)19-12-8-7-9-13-19/h7-15H,16H2,1-6H3. The molecule has 0 aliphatic carbocycles. The van der Waals surface area contributed by atoms with Gasteiger partial charge in [-0.05, 0) is 41.7 Å². The van der Waals surface area contributed by atoms with Crippen molar-refractivity contribution in [2.75, 3.05) is 0 Å². The number of benzene rings is 2. The minimum Gasteiger partial charge on any atom is -0.413 e. The van der Waals surface area contributed by atoms with Crippen molar-refractivity contribution >= 4 is 8.32 Å². The highest BCUT2D eigenvalue weighted by atomic mass is 28.4. The van der Waals surface area contributed by atoms with Crippen molar-refractivity contribution in [3.8, 4) is 6.07 Å². The molecule has 0 spiro atoms. The monoisotopic (exact) mass is 351 g/mol. The first kappa shape index (κ1) is 19.4. The summed E-state index contributed by atoms with van der Waals surface area (Å²) in [6.07, 6.45) is 0. The summed E-state index contributed by atoms with van der Waals surface area (Å²) in [5.74, 6) is 0. The van der Waals surface area contributed by atoms with E-state index in [4.69, 9.17) is 4.43 Å². The molecule has 0 amide bonds. The molecule has 0 aliphatic rings. The Kier molecular flexibility index (Phi) is 5.56. The SMILES string of the molecule is CC(C#N)(c1ccccc1)c1cccc(CO[Si](C)(C)C(C)(C)C)c1. The molecule has 2 aromatic rings. The van der Waals surface area contributed by atoms with Crippen molar-refractivity contribution in [2.45, 2.75) is 57.8 Å². The first-order chi connectivity index (χ1) is 11.6. The normalized spacial score (nSPS) is 14.6. The van der Waals surface area contributed by atoms with E-state index in [0.717, 1.165) is 16.7 Å². The summed E-state index contributed by atoms with van der Waals surface area (Å²) in [6, 6.07) is 20.7. The third kappa shape index (κ3) is 4.20. The van der Waals surface area contributed by atoms with Gasteiger partial charge >= 0.3 is 0 Å². The van der Waals surface area contributed by atoms with Crippen LogP contribution in [0.2, 0.25) is 18.1 Å². The zero-order valence-corrected chi connectivity index (χ0v) is 17.3. The zero-order chi connectivity index (χ0) is 18.7. The van der Waals surface area contributed by atoms with Gasteiger partial charge < -0.3 is 4.43 Å². The Morgan fingerprint density at radius 1 is 0.920 bits per heavy atom. The van der Waals surface area contributed by atoms with E-state index in [1.165, 1.54) is 0 Å². The summed E-state index contributed by atoms with van der Waals surface area (Å²) >= 11 is 0. The summed E-state index contributed by atoms with van der Waals surface area (Å²) in [7, 11) is -1.79. The van der Waals surface area contributed by atoms with Crippen LogP contribution in [0.5, 0.6) is 0 Å². The fourth-order valence-corrected chi connectivity index (χ4v) is 3.48. The van der Waals surface area contributed by atoms with Crippen molar-refractivity contribution in [1.29, 1.82) is 5.26 Å². The predicted molar refractivity (Wildman–Crippen MR) is 107 cm³/mol. The van der Waals surface area contributed by atoms with Crippen LogP contribution in [-0.2, 0) is 16.4 Å². The van der Waals surface area contributed by atoms with E-state index >= 15 is 0 Å². The Bertz CT molecular complexity index is 756. The van der Waals surface area contributed by atoms with E-state index in [9.17, 15) is 5.26 Å². The van der Waals surface area contributed by atoms with E-state index in [-0.39, 0.29) is 5.04 Å². The minimum absolute atomic E-state index is 0.190. The molecule has 0 bridgehead atoms. The number of nitriles is 1. The molecule has 0 aromatic heterocycles. The molecule has 2 aromatic carbocycles. The van der Waals surface area contributed by atoms with Gasteiger partial charge in [0.1, 0.15) is 5.41 Å². The predicted octanol–water partition coefficient (Wildman–Crippen LogP) is 6.04. The smallest absolute Gasteiger partial charge is 0.192 e. The maximum absolute atomic E-state index is 9.87. The van der Waals surface area contributed by atoms with E-state index in [0.29, 0.717) is 6.61 Å². The summed E-state index contributed by atoms with van der Waals surface area (Å²) in [4.78, 5) is 0. The van der Waals surface area contributed by atoms with Crippen LogP contribution in [0.3, 0.4) is 0 Å². The maximum atomic E-state index is 9.87. The van der Waals surface area contributed by atoms with Crippen molar-refractivity contribution in [2.24, 2.45) is 0 Å². The summed E-state index contributed by atoms with van der Waals surface area (Å²) in [6.45, 7) is 13.9. The number of hydrogen-bond acceptors (Lipinski definition) is 2. The molecule has 3 heteroatoms. The van der Waals surface area contributed by atoms with E-state index < -0.39 is 13.7 Å². The van der Waals surface area contributed by atoms with Gasteiger partial charge in [0.25, 0.3) is 0 Å². The molecule has 0 radical (unpaired) electrons. The van der Waals surface area contributed by atoms with Crippen molar-refractivity contribution in [3.63, 3.8) is 0 Å². The summed E-state index contributed by atoms with van der Waals surface area (Å²) in [5.41, 5.74) is 2.49. The lowest BCUT2D eigenvalue weighted by Crippen LogP contribution is -2.40. The average Bonchev–Trinajstić information content (AvgIpc) is 2.59. The molecule has 2 rings (SSSR count). The fourth-order valence-electron chi connectivity index (χ4n) is 2.52. The molecule has 25 heavy (non-hydrogen) atoms. The third-order valence-corrected chi connectivity index (χ3v) is 9.96. The first-order valence-electron chi connectivity index (χ1n) is 8.80. The van der Waals surface area contributed by atoms with Crippen LogP contribution >= 0.6 is 0 Å². The van der Waals surface area contributed by atoms with Gasteiger partial charge in [-0.3, -0.25) is 0 Å². The molecular weight excluding hydrogens is 322 g/mol. The summed E-state index contributed by atoms with van der Waals surface area (Å²) in [5, 5.41) is 10.1. The Morgan fingerprint density at radius 3 is 2.08 bits per heavy atom. The highest BCUT2D eigenvalue weighted by Crippen LogP contribution is 2.37. The lowest BCUT2D eigenvalue weighted by molar-refractivity contribution is 0.276. The molecule has 0 saturated carbocycles. The molecule has 1 atom stereocenters. The Morgan fingerprint density at radius 2 is 1.52 bits per heavy atom. The van der Waals surface area contributed by atoms with Crippen LogP contribution in [0, 0.1) is 11.3 Å². The van der Waals surface area contributed by atoms with Gasteiger partial charge in [-0.1, -0.05) is 75.4 Å². The fraction of sp³-hybridized carbons (Fsp3) is 0.409. The Hall–Kier alpha value is -1.89. The third-order valence-electron chi connectivity index (χ3n) is 5.48. The molecule has 1 unspecified atom stereocenters. The van der Waals surface area contributed by atoms with Crippen molar-refractivity contribution < 1.29 is 4.43 Å². The van der Waals surface area contributed by atoms with Crippen LogP contribution in [0.15, 0.2) is 54.6 Å². The van der Waals surface area contributed by atoms with Gasteiger partial charge in [-0.2, -0.15) is 5.26 Å². The van der Waals surface area contributed by atoms with Gasteiger partial charge in [0, 0.05) is 0 Å². The molecule has 0 aliphatic heterocycles. The molecule has 0 N–H and O–H groups in total. The van der Waals surface area contributed by atoms with Gasteiger partial charge in [-0.25, -0.2) is 0 Å². The average molecular weight is 352 g/mol. The quantitative estimate of drug-likeness (QED) is 0.615. The second-order valence-electron chi connectivity index (χ2n) is 8.35. The van der Waals surface area contributed by atoms with Crippen LogP contribution in [0.25, 0.3) is 0 Å². The first-order valence-corrected chi connectivity index (χ1v) is 11.7. The number of nitrogens with zero attached hydrogens (tertiary/aromatic N) is 1. The summed E-state index contributed by atoms with van der Waals surface area (Å²) < 4.78 is 6.34. The van der Waals surface area contributed by atoms with Gasteiger partial charge in [0.15, 0.2) is 8.32 Å². The van der Waals surface area contributed by atoms with Crippen LogP contribution in [-0.4, -0.2) is 8.32 Å². The van der Waals surface area contributed by atoms with Crippen LogP contribution in [0.1, 0.15) is 44.4 Å². The number of rotatable bonds is 5. The minimum atomic E-state index is -1.79. The highest BCUT2D eigenvalue weighted by Gasteiger charge is 2.37.